The van der Waals surface area contributed by atoms with Crippen molar-refractivity contribution in [2.75, 3.05) is 0 Å². The van der Waals surface area contributed by atoms with Crippen molar-refractivity contribution < 1.29 is 0 Å². The second kappa shape index (κ2) is 17.0. The molecule has 76 valence electrons. The molecule has 0 bridgehead atoms. The maximum Gasteiger partial charge on any atom is -0.0323 e. The van der Waals surface area contributed by atoms with Crippen LogP contribution in [0.15, 0.2) is 11.1 Å². The van der Waals surface area contributed by atoms with Crippen LogP contribution >= 0.6 is 0 Å². The molecule has 0 radical (unpaired) electrons. The van der Waals surface area contributed by atoms with Crippen LogP contribution in [-0.4, -0.2) is 0 Å². The van der Waals surface area contributed by atoms with E-state index in [4.69, 9.17) is 0 Å². The normalized spacial score (nSPS) is 7.00. The van der Waals surface area contributed by atoms with Crippen molar-refractivity contribution >= 4 is 0 Å². The highest BCUT2D eigenvalue weighted by molar-refractivity contribution is 5.05. The van der Waals surface area contributed by atoms with Gasteiger partial charge in [0, 0.05) is 0 Å². The van der Waals surface area contributed by atoms with Gasteiger partial charge in [-0.2, -0.15) is 0 Å². The van der Waals surface area contributed by atoms with E-state index in [0.29, 0.717) is 0 Å². The van der Waals surface area contributed by atoms with E-state index in [1.54, 1.807) is 5.57 Å². The van der Waals surface area contributed by atoms with E-state index >= 15 is 0 Å². The molecule has 0 heteroatoms. The third-order valence-corrected chi connectivity index (χ3v) is 1.48. The molecule has 0 spiro atoms. The Morgan fingerprint density at radius 2 is 1.17 bits per heavy atom. The van der Waals surface area contributed by atoms with E-state index < -0.39 is 0 Å². The van der Waals surface area contributed by atoms with Gasteiger partial charge in [-0.1, -0.05) is 52.2 Å². The fourth-order valence-corrected chi connectivity index (χ4v) is 0.625. The molecule has 0 nitrogen and oxygen atoms in total. The van der Waals surface area contributed by atoms with E-state index in [1.165, 1.54) is 18.4 Å². The molecule has 0 aromatic heterocycles. The zero-order valence-corrected chi connectivity index (χ0v) is 10.4. The van der Waals surface area contributed by atoms with Gasteiger partial charge in [0.15, 0.2) is 0 Å². The number of hydrogen-bond donors (Lipinski definition) is 0. The molecular weight excluding hydrogens is 144 g/mol. The number of allylic oxidation sites excluding steroid dienone is 2. The lowest BCUT2D eigenvalue weighted by Crippen LogP contribution is -1.77. The highest BCUT2D eigenvalue weighted by Gasteiger charge is 1.87. The minimum absolute atomic E-state index is 1.27. The van der Waals surface area contributed by atoms with Crippen LogP contribution in [0.2, 0.25) is 0 Å². The molecule has 0 aliphatic rings. The highest BCUT2D eigenvalue weighted by Crippen LogP contribution is 2.07. The van der Waals surface area contributed by atoms with Crippen molar-refractivity contribution in [3.63, 3.8) is 0 Å². The SMILES string of the molecule is CC.CC.CCCC(C)=C(C)C. The van der Waals surface area contributed by atoms with Crippen molar-refractivity contribution in [3.8, 4) is 0 Å². The van der Waals surface area contributed by atoms with E-state index in [2.05, 4.69) is 27.7 Å². The summed E-state index contributed by atoms with van der Waals surface area (Å²) in [6.07, 6.45) is 2.54. The Balaban J connectivity index is -0.000000175. The second-order valence-electron chi connectivity index (χ2n) is 2.53. The van der Waals surface area contributed by atoms with Crippen molar-refractivity contribution in [1.29, 1.82) is 0 Å². The molecule has 0 aliphatic heterocycles. The summed E-state index contributed by atoms with van der Waals surface area (Å²) in [5, 5.41) is 0. The van der Waals surface area contributed by atoms with Crippen molar-refractivity contribution in [1.82, 2.24) is 0 Å². The second-order valence-corrected chi connectivity index (χ2v) is 2.53. The van der Waals surface area contributed by atoms with Crippen LogP contribution < -0.4 is 0 Å². The fourth-order valence-electron chi connectivity index (χ4n) is 0.625. The van der Waals surface area contributed by atoms with Gasteiger partial charge in [-0.05, 0) is 27.2 Å². The summed E-state index contributed by atoms with van der Waals surface area (Å²) >= 11 is 0. The van der Waals surface area contributed by atoms with Gasteiger partial charge < -0.3 is 0 Å². The van der Waals surface area contributed by atoms with Crippen LogP contribution in [-0.2, 0) is 0 Å². The monoisotopic (exact) mass is 172 g/mol. The molecule has 0 aromatic carbocycles. The van der Waals surface area contributed by atoms with E-state index in [0.717, 1.165) is 0 Å². The average molecular weight is 172 g/mol. The third-order valence-electron chi connectivity index (χ3n) is 1.48. The Kier molecular flexibility index (Phi) is 25.1. The first kappa shape index (κ1) is 17.7. The summed E-state index contributed by atoms with van der Waals surface area (Å²) in [5.41, 5.74) is 3.03. The largest absolute Gasteiger partial charge is 0.0775 e. The van der Waals surface area contributed by atoms with E-state index in [1.807, 2.05) is 27.7 Å². The summed E-state index contributed by atoms with van der Waals surface area (Å²) in [5.74, 6) is 0. The minimum Gasteiger partial charge on any atom is -0.0775 e. The summed E-state index contributed by atoms with van der Waals surface area (Å²) in [6.45, 7) is 16.8. The Labute approximate surface area is 80.1 Å². The molecule has 0 saturated carbocycles. The molecule has 0 saturated heterocycles. The predicted octanol–water partition coefficient (Wildman–Crippen LogP) is 5.20. The van der Waals surface area contributed by atoms with Crippen LogP contribution in [0.3, 0.4) is 0 Å². The quantitative estimate of drug-likeness (QED) is 0.502. The van der Waals surface area contributed by atoms with Gasteiger partial charge in [0.05, 0.1) is 0 Å². The Morgan fingerprint density at radius 3 is 1.25 bits per heavy atom. The lowest BCUT2D eigenvalue weighted by molar-refractivity contribution is 0.890. The Hall–Kier alpha value is -0.260. The smallest absolute Gasteiger partial charge is 0.0323 e. The average Bonchev–Trinajstić information content (AvgIpc) is 2.12. The molecule has 0 N–H and O–H groups in total. The molecule has 0 rings (SSSR count). The van der Waals surface area contributed by atoms with Gasteiger partial charge in [-0.3, -0.25) is 0 Å². The Bertz CT molecular complexity index is 84.2. The standard InChI is InChI=1S/C8H16.2C2H6/c1-5-6-8(4)7(2)3;2*1-2/h5-6H2,1-4H3;2*1-2H3. The zero-order valence-electron chi connectivity index (χ0n) is 10.4. The topological polar surface area (TPSA) is 0 Å². The Morgan fingerprint density at radius 1 is 0.833 bits per heavy atom. The molecule has 12 heavy (non-hydrogen) atoms. The van der Waals surface area contributed by atoms with E-state index in [9.17, 15) is 0 Å². The molecule has 0 amide bonds. The molecule has 0 fully saturated rings. The van der Waals surface area contributed by atoms with Crippen LogP contribution in [0.5, 0.6) is 0 Å². The summed E-state index contributed by atoms with van der Waals surface area (Å²) in [6, 6.07) is 0. The molecule has 0 aromatic rings. The number of hydrogen-bond acceptors (Lipinski definition) is 0. The lowest BCUT2D eigenvalue weighted by atomic mass is 10.1. The number of rotatable bonds is 2. The summed E-state index contributed by atoms with van der Waals surface area (Å²) < 4.78 is 0. The van der Waals surface area contributed by atoms with Gasteiger partial charge in [0.1, 0.15) is 0 Å². The molecule has 0 heterocycles. The maximum atomic E-state index is 2.21. The molecule has 0 atom stereocenters. The van der Waals surface area contributed by atoms with Crippen LogP contribution in [0.25, 0.3) is 0 Å². The highest BCUT2D eigenvalue weighted by atomic mass is 13.9. The zero-order chi connectivity index (χ0) is 10.6. The predicted molar refractivity (Wildman–Crippen MR) is 61.7 cm³/mol. The van der Waals surface area contributed by atoms with Gasteiger partial charge in [0.2, 0.25) is 0 Å². The first-order valence-electron chi connectivity index (χ1n) is 5.31. The third kappa shape index (κ3) is 16.4. The summed E-state index contributed by atoms with van der Waals surface area (Å²) in [4.78, 5) is 0. The van der Waals surface area contributed by atoms with Crippen LogP contribution in [0, 0.1) is 0 Å². The van der Waals surface area contributed by atoms with Gasteiger partial charge >= 0.3 is 0 Å². The van der Waals surface area contributed by atoms with E-state index in [-0.39, 0.29) is 0 Å². The van der Waals surface area contributed by atoms with Crippen molar-refractivity contribution in [2.45, 2.75) is 68.2 Å². The summed E-state index contributed by atoms with van der Waals surface area (Å²) in [7, 11) is 0. The molecule has 0 unspecified atom stereocenters. The van der Waals surface area contributed by atoms with Crippen LogP contribution in [0.1, 0.15) is 68.2 Å². The van der Waals surface area contributed by atoms with Crippen molar-refractivity contribution in [2.24, 2.45) is 0 Å². The van der Waals surface area contributed by atoms with Gasteiger partial charge in [-0.15, -0.1) is 0 Å². The van der Waals surface area contributed by atoms with Crippen LogP contribution in [0.4, 0.5) is 0 Å². The van der Waals surface area contributed by atoms with Gasteiger partial charge in [-0.25, -0.2) is 0 Å². The molecular formula is C12H28. The lowest BCUT2D eigenvalue weighted by Gasteiger charge is -1.98. The minimum atomic E-state index is 1.27. The maximum absolute atomic E-state index is 2.21. The van der Waals surface area contributed by atoms with Crippen molar-refractivity contribution in [3.05, 3.63) is 11.1 Å². The first-order valence-corrected chi connectivity index (χ1v) is 5.31. The first-order chi connectivity index (χ1) is 5.68. The molecule has 0 aliphatic carbocycles. The van der Waals surface area contributed by atoms with Gasteiger partial charge in [0.25, 0.3) is 0 Å². The fraction of sp³-hybridized carbons (Fsp3) is 0.833.